The van der Waals surface area contributed by atoms with Crippen molar-refractivity contribution in [3.05, 3.63) is 46.6 Å². The van der Waals surface area contributed by atoms with Crippen molar-refractivity contribution < 1.29 is 4.39 Å². The van der Waals surface area contributed by atoms with Crippen LogP contribution in [0.2, 0.25) is 10.3 Å². The normalized spacial score (nSPS) is 10.4. The minimum atomic E-state index is -0.321. The summed E-state index contributed by atoms with van der Waals surface area (Å²) >= 11 is 12.6. The lowest BCUT2D eigenvalue weighted by Crippen LogP contribution is -1.87. The first-order chi connectivity index (χ1) is 7.66. The molecule has 0 N–H and O–H groups in total. The molecule has 0 aliphatic rings. The van der Waals surface area contributed by atoms with Crippen molar-refractivity contribution in [1.82, 2.24) is 9.97 Å². The largest absolute Gasteiger partial charge is 0.225 e. The van der Waals surface area contributed by atoms with Crippen LogP contribution in [0.15, 0.2) is 40.4 Å². The zero-order chi connectivity index (χ0) is 11.5. The molecule has 82 valence electrons. The third kappa shape index (κ3) is 2.64. The van der Waals surface area contributed by atoms with Crippen LogP contribution in [0.25, 0.3) is 0 Å². The van der Waals surface area contributed by atoms with Gasteiger partial charge in [-0.1, -0.05) is 35.5 Å². The quantitative estimate of drug-likeness (QED) is 0.610. The molecule has 1 aromatic heterocycles. The van der Waals surface area contributed by atoms with Gasteiger partial charge in [-0.3, -0.25) is 0 Å². The lowest BCUT2D eigenvalue weighted by molar-refractivity contribution is 0.602. The van der Waals surface area contributed by atoms with Crippen LogP contribution in [0.5, 0.6) is 0 Å². The molecule has 1 heterocycles. The summed E-state index contributed by atoms with van der Waals surface area (Å²) in [4.78, 5) is 8.09. The van der Waals surface area contributed by atoms with E-state index in [9.17, 15) is 4.39 Å². The molecule has 0 radical (unpaired) electrons. The van der Waals surface area contributed by atoms with Crippen molar-refractivity contribution in [2.24, 2.45) is 0 Å². The highest BCUT2D eigenvalue weighted by molar-refractivity contribution is 7.99. The lowest BCUT2D eigenvalue weighted by atomic mass is 10.3. The molecule has 0 atom stereocenters. The zero-order valence-corrected chi connectivity index (χ0v) is 10.2. The fourth-order valence-electron chi connectivity index (χ4n) is 1.03. The number of rotatable bonds is 2. The van der Waals surface area contributed by atoms with Gasteiger partial charge in [0.05, 0.1) is 11.2 Å². The molecule has 0 saturated carbocycles. The van der Waals surface area contributed by atoms with Gasteiger partial charge in [0.1, 0.15) is 10.8 Å². The maximum absolute atomic E-state index is 13.4. The topological polar surface area (TPSA) is 25.8 Å². The van der Waals surface area contributed by atoms with Gasteiger partial charge in [-0.2, -0.15) is 0 Å². The Morgan fingerprint density at radius 1 is 1.19 bits per heavy atom. The Hall–Kier alpha value is -0.840. The van der Waals surface area contributed by atoms with E-state index in [2.05, 4.69) is 9.97 Å². The Morgan fingerprint density at radius 2 is 1.94 bits per heavy atom. The summed E-state index contributed by atoms with van der Waals surface area (Å²) in [5.74, 6) is -0.321. The number of halogens is 3. The summed E-state index contributed by atoms with van der Waals surface area (Å²) in [6.45, 7) is 0. The lowest BCUT2D eigenvalue weighted by Gasteiger charge is -2.03. The molecule has 0 amide bonds. The number of nitrogens with zero attached hydrogens (tertiary/aromatic N) is 2. The monoisotopic (exact) mass is 274 g/mol. The highest BCUT2D eigenvalue weighted by atomic mass is 35.5. The standard InChI is InChI=1S/C10H5Cl2FN2S/c11-6-5-14-10(12)15-9(6)16-8-4-2-1-3-7(8)13/h1-5H. The first kappa shape index (κ1) is 11.6. The van der Waals surface area contributed by atoms with Crippen LogP contribution in [0, 0.1) is 5.82 Å². The second-order valence-electron chi connectivity index (χ2n) is 2.82. The Kier molecular flexibility index (Phi) is 3.63. The number of benzene rings is 1. The highest BCUT2D eigenvalue weighted by Gasteiger charge is 2.09. The minimum absolute atomic E-state index is 0.0863. The average Bonchev–Trinajstić information content (AvgIpc) is 2.27. The van der Waals surface area contributed by atoms with Crippen molar-refractivity contribution in [3.63, 3.8) is 0 Å². The summed E-state index contributed by atoms with van der Waals surface area (Å²) < 4.78 is 13.4. The van der Waals surface area contributed by atoms with Crippen LogP contribution in [0.4, 0.5) is 4.39 Å². The summed E-state index contributed by atoms with van der Waals surface area (Å²) in [5, 5.41) is 0.868. The van der Waals surface area contributed by atoms with E-state index in [4.69, 9.17) is 23.2 Å². The summed E-state index contributed by atoms with van der Waals surface area (Å²) in [7, 11) is 0. The molecule has 0 saturated heterocycles. The molecular weight excluding hydrogens is 270 g/mol. The Labute approximate surface area is 106 Å². The van der Waals surface area contributed by atoms with E-state index in [1.807, 2.05) is 0 Å². The van der Waals surface area contributed by atoms with E-state index in [0.29, 0.717) is 14.9 Å². The van der Waals surface area contributed by atoms with Crippen molar-refractivity contribution in [2.45, 2.75) is 9.92 Å². The van der Waals surface area contributed by atoms with Crippen molar-refractivity contribution in [2.75, 3.05) is 0 Å². The van der Waals surface area contributed by atoms with E-state index in [-0.39, 0.29) is 11.1 Å². The SMILES string of the molecule is Fc1ccccc1Sc1nc(Cl)ncc1Cl. The zero-order valence-electron chi connectivity index (χ0n) is 7.82. The predicted octanol–water partition coefficient (Wildman–Crippen LogP) is 4.07. The first-order valence-corrected chi connectivity index (χ1v) is 5.84. The molecule has 0 bridgehead atoms. The third-order valence-electron chi connectivity index (χ3n) is 1.73. The van der Waals surface area contributed by atoms with Gasteiger partial charge in [0.25, 0.3) is 0 Å². The Morgan fingerprint density at radius 3 is 2.69 bits per heavy atom. The maximum Gasteiger partial charge on any atom is 0.223 e. The van der Waals surface area contributed by atoms with Gasteiger partial charge in [-0.25, -0.2) is 14.4 Å². The molecule has 0 aliphatic carbocycles. The molecule has 0 aliphatic heterocycles. The molecular formula is C10H5Cl2FN2S. The highest BCUT2D eigenvalue weighted by Crippen LogP contribution is 2.33. The molecule has 6 heteroatoms. The molecule has 0 fully saturated rings. The van der Waals surface area contributed by atoms with Crippen LogP contribution in [-0.4, -0.2) is 9.97 Å². The van der Waals surface area contributed by atoms with Gasteiger partial charge in [0.15, 0.2) is 0 Å². The number of aromatic nitrogens is 2. The average molecular weight is 275 g/mol. The van der Waals surface area contributed by atoms with E-state index < -0.39 is 0 Å². The van der Waals surface area contributed by atoms with E-state index in [0.717, 1.165) is 11.8 Å². The minimum Gasteiger partial charge on any atom is -0.225 e. The summed E-state index contributed by atoms with van der Waals surface area (Å²) in [6, 6.07) is 6.38. The first-order valence-electron chi connectivity index (χ1n) is 4.27. The summed E-state index contributed by atoms with van der Waals surface area (Å²) in [6.07, 6.45) is 1.39. The smallest absolute Gasteiger partial charge is 0.223 e. The molecule has 0 spiro atoms. The van der Waals surface area contributed by atoms with E-state index >= 15 is 0 Å². The molecule has 1 aromatic carbocycles. The van der Waals surface area contributed by atoms with Gasteiger partial charge in [-0.05, 0) is 23.7 Å². The second-order valence-corrected chi connectivity index (χ2v) is 4.60. The van der Waals surface area contributed by atoms with Gasteiger partial charge in [0.2, 0.25) is 5.28 Å². The van der Waals surface area contributed by atoms with E-state index in [1.165, 1.54) is 12.3 Å². The van der Waals surface area contributed by atoms with Gasteiger partial charge in [0, 0.05) is 4.90 Å². The maximum atomic E-state index is 13.4. The van der Waals surface area contributed by atoms with Crippen LogP contribution in [0.3, 0.4) is 0 Å². The fraction of sp³-hybridized carbons (Fsp3) is 0. The molecule has 2 rings (SSSR count). The van der Waals surface area contributed by atoms with Gasteiger partial charge < -0.3 is 0 Å². The number of hydrogen-bond acceptors (Lipinski definition) is 3. The van der Waals surface area contributed by atoms with Crippen LogP contribution in [-0.2, 0) is 0 Å². The van der Waals surface area contributed by atoms with Crippen LogP contribution < -0.4 is 0 Å². The van der Waals surface area contributed by atoms with E-state index in [1.54, 1.807) is 18.2 Å². The van der Waals surface area contributed by atoms with Gasteiger partial charge in [-0.15, -0.1) is 0 Å². The predicted molar refractivity (Wildman–Crippen MR) is 62.6 cm³/mol. The van der Waals surface area contributed by atoms with Crippen LogP contribution in [0.1, 0.15) is 0 Å². The molecule has 0 unspecified atom stereocenters. The Balaban J connectivity index is 2.34. The molecule has 2 aromatic rings. The van der Waals surface area contributed by atoms with Crippen molar-refractivity contribution in [1.29, 1.82) is 0 Å². The van der Waals surface area contributed by atoms with Crippen molar-refractivity contribution in [3.8, 4) is 0 Å². The second kappa shape index (κ2) is 4.99. The molecule has 2 nitrogen and oxygen atoms in total. The number of hydrogen-bond donors (Lipinski definition) is 0. The fourth-order valence-corrected chi connectivity index (χ4v) is 2.23. The van der Waals surface area contributed by atoms with Gasteiger partial charge >= 0.3 is 0 Å². The Bertz CT molecular complexity index is 522. The molecule has 16 heavy (non-hydrogen) atoms. The van der Waals surface area contributed by atoms with Crippen LogP contribution >= 0.6 is 35.0 Å². The summed E-state index contributed by atoms with van der Waals surface area (Å²) in [5.41, 5.74) is 0. The van der Waals surface area contributed by atoms with Crippen molar-refractivity contribution >= 4 is 35.0 Å². The third-order valence-corrected chi connectivity index (χ3v) is 3.35.